The molecule has 0 aliphatic carbocycles. The molecule has 4 nitrogen and oxygen atoms in total. The summed E-state index contributed by atoms with van der Waals surface area (Å²) in [4.78, 5) is 0. The largest absolute Gasteiger partial charge is 0.393 e. The van der Waals surface area contributed by atoms with E-state index in [0.29, 0.717) is 12.8 Å². The van der Waals surface area contributed by atoms with Crippen LogP contribution in [0.15, 0.2) is 0 Å². The van der Waals surface area contributed by atoms with Gasteiger partial charge in [-0.05, 0) is 19.3 Å². The number of aliphatic hydroxyl groups excluding tert-OH is 1. The maximum atomic E-state index is 11.6. The molecule has 0 aromatic heterocycles. The zero-order valence-corrected chi connectivity index (χ0v) is 18.1. The van der Waals surface area contributed by atoms with E-state index in [9.17, 15) is 18.1 Å². The molecule has 158 valence electrons. The summed E-state index contributed by atoms with van der Waals surface area (Å²) in [7, 11) is -4.07. The minimum atomic E-state index is -4.07. The highest BCUT2D eigenvalue weighted by atomic mass is 32.2. The molecule has 0 rings (SSSR count). The fraction of sp³-hybridized carbons (Fsp3) is 1.00. The second kappa shape index (κ2) is 17.0. The minimum absolute atomic E-state index is 0.171. The molecule has 2 N–H and O–H groups in total. The maximum Gasteiger partial charge on any atom is 0.267 e. The van der Waals surface area contributed by atoms with Crippen molar-refractivity contribution in [2.24, 2.45) is 0 Å². The zero-order valence-electron chi connectivity index (χ0n) is 17.3. The first-order valence-electron chi connectivity index (χ1n) is 11.1. The number of unbranched alkanes of at least 4 members (excludes halogenated alkanes) is 12. The maximum absolute atomic E-state index is 11.6. The molecule has 0 bridgehead atoms. The molecule has 2 atom stereocenters. The summed E-state index contributed by atoms with van der Waals surface area (Å²) in [5.41, 5.74) is 0. The van der Waals surface area contributed by atoms with E-state index in [1.807, 2.05) is 0 Å². The van der Waals surface area contributed by atoms with Gasteiger partial charge in [-0.15, -0.1) is 0 Å². The molecule has 0 amide bonds. The molecule has 0 aliphatic rings. The Hall–Kier alpha value is -0.130. The molecule has 0 heterocycles. The summed E-state index contributed by atoms with van der Waals surface area (Å²) in [6.07, 6.45) is 16.8. The van der Waals surface area contributed by atoms with Crippen molar-refractivity contribution in [2.45, 2.75) is 134 Å². The molecule has 0 spiro atoms. The Morgan fingerprint density at radius 2 is 1.04 bits per heavy atom. The summed E-state index contributed by atoms with van der Waals surface area (Å²) in [6.45, 7) is 4.39. The third-order valence-corrected chi connectivity index (χ3v) is 6.50. The fourth-order valence-electron chi connectivity index (χ4n) is 3.48. The van der Waals surface area contributed by atoms with Crippen LogP contribution < -0.4 is 0 Å². The predicted octanol–water partition coefficient (Wildman–Crippen LogP) is 6.28. The van der Waals surface area contributed by atoms with E-state index in [-0.39, 0.29) is 6.42 Å². The normalized spacial score (nSPS) is 14.5. The van der Waals surface area contributed by atoms with Gasteiger partial charge in [0.2, 0.25) is 0 Å². The molecule has 0 aromatic carbocycles. The van der Waals surface area contributed by atoms with E-state index in [4.69, 9.17) is 0 Å². The van der Waals surface area contributed by atoms with Gasteiger partial charge < -0.3 is 5.11 Å². The van der Waals surface area contributed by atoms with Crippen LogP contribution in [0.1, 0.15) is 123 Å². The first-order valence-corrected chi connectivity index (χ1v) is 12.6. The molecule has 0 saturated heterocycles. The van der Waals surface area contributed by atoms with Crippen LogP contribution in [0.3, 0.4) is 0 Å². The molecular formula is C21H44O4S. The van der Waals surface area contributed by atoms with Crippen LogP contribution in [0.25, 0.3) is 0 Å². The molecule has 5 heteroatoms. The van der Waals surface area contributed by atoms with Gasteiger partial charge in [0.1, 0.15) is 0 Å². The average molecular weight is 393 g/mol. The lowest BCUT2D eigenvalue weighted by Crippen LogP contribution is -2.26. The molecule has 26 heavy (non-hydrogen) atoms. The first-order chi connectivity index (χ1) is 12.4. The van der Waals surface area contributed by atoms with Crippen LogP contribution in [0.4, 0.5) is 0 Å². The van der Waals surface area contributed by atoms with Gasteiger partial charge in [0, 0.05) is 0 Å². The van der Waals surface area contributed by atoms with Gasteiger partial charge in [-0.1, -0.05) is 104 Å². The fourth-order valence-corrected chi connectivity index (χ4v) is 4.41. The Morgan fingerprint density at radius 3 is 1.46 bits per heavy atom. The Bertz CT molecular complexity index is 395. The van der Waals surface area contributed by atoms with E-state index >= 15 is 0 Å². The second-order valence-electron chi connectivity index (χ2n) is 7.85. The minimum Gasteiger partial charge on any atom is -0.393 e. The predicted molar refractivity (Wildman–Crippen MR) is 111 cm³/mol. The highest BCUT2D eigenvalue weighted by Gasteiger charge is 2.25. The van der Waals surface area contributed by atoms with Gasteiger partial charge in [0.15, 0.2) is 0 Å². The van der Waals surface area contributed by atoms with Gasteiger partial charge in [-0.25, -0.2) is 0 Å². The van der Waals surface area contributed by atoms with E-state index in [1.54, 1.807) is 0 Å². The van der Waals surface area contributed by atoms with Crippen molar-refractivity contribution in [1.82, 2.24) is 0 Å². The summed E-state index contributed by atoms with van der Waals surface area (Å²) in [6, 6.07) is 0. The number of aliphatic hydroxyl groups is 1. The van der Waals surface area contributed by atoms with Crippen LogP contribution in [0.2, 0.25) is 0 Å². The van der Waals surface area contributed by atoms with Gasteiger partial charge in [0.25, 0.3) is 10.1 Å². The Labute approximate surface area is 162 Å². The summed E-state index contributed by atoms with van der Waals surface area (Å²) in [5.74, 6) is 0. The first kappa shape index (κ1) is 25.9. The van der Waals surface area contributed by atoms with Crippen LogP contribution in [-0.4, -0.2) is 29.4 Å². The molecule has 0 saturated carbocycles. The number of hydrogen-bond acceptors (Lipinski definition) is 3. The Kier molecular flexibility index (Phi) is 16.9. The third-order valence-electron chi connectivity index (χ3n) is 5.23. The average Bonchev–Trinajstić information content (AvgIpc) is 2.58. The van der Waals surface area contributed by atoms with Crippen molar-refractivity contribution >= 4 is 10.1 Å². The summed E-state index contributed by atoms with van der Waals surface area (Å²) >= 11 is 0. The topological polar surface area (TPSA) is 74.6 Å². The lowest BCUT2D eigenvalue weighted by molar-refractivity contribution is 0.146. The van der Waals surface area contributed by atoms with Crippen molar-refractivity contribution in [2.75, 3.05) is 0 Å². The summed E-state index contributed by atoms with van der Waals surface area (Å²) in [5, 5.41) is 9.33. The van der Waals surface area contributed by atoms with Crippen molar-refractivity contribution in [3.05, 3.63) is 0 Å². The van der Waals surface area contributed by atoms with E-state index < -0.39 is 21.5 Å². The van der Waals surface area contributed by atoms with E-state index in [0.717, 1.165) is 32.1 Å². The van der Waals surface area contributed by atoms with Gasteiger partial charge in [0.05, 0.1) is 11.4 Å². The molecule has 2 unspecified atom stereocenters. The van der Waals surface area contributed by atoms with Crippen LogP contribution in [0.5, 0.6) is 0 Å². The third kappa shape index (κ3) is 16.1. The number of rotatable bonds is 19. The Morgan fingerprint density at radius 1 is 0.654 bits per heavy atom. The molecular weight excluding hydrogens is 348 g/mol. The van der Waals surface area contributed by atoms with Crippen LogP contribution in [0, 0.1) is 0 Å². The lowest BCUT2D eigenvalue weighted by atomic mass is 10.0. The van der Waals surface area contributed by atoms with E-state index in [2.05, 4.69) is 13.8 Å². The lowest BCUT2D eigenvalue weighted by Gasteiger charge is -2.18. The van der Waals surface area contributed by atoms with Gasteiger partial charge in [-0.3, -0.25) is 4.55 Å². The molecule has 0 fully saturated rings. The van der Waals surface area contributed by atoms with Crippen molar-refractivity contribution in [3.63, 3.8) is 0 Å². The van der Waals surface area contributed by atoms with Gasteiger partial charge in [-0.2, -0.15) is 8.42 Å². The monoisotopic (exact) mass is 392 g/mol. The smallest absolute Gasteiger partial charge is 0.267 e. The van der Waals surface area contributed by atoms with Crippen molar-refractivity contribution in [3.8, 4) is 0 Å². The Balaban J connectivity index is 3.91. The molecule has 0 aliphatic heterocycles. The SMILES string of the molecule is CCCCCCCCCCC(CC(O)CCCCCCCC)S(=O)(=O)O. The van der Waals surface area contributed by atoms with Crippen molar-refractivity contribution in [1.29, 1.82) is 0 Å². The molecule has 0 radical (unpaired) electrons. The highest BCUT2D eigenvalue weighted by Crippen LogP contribution is 2.20. The standard InChI is InChI=1S/C21H44O4S/c1-3-5-7-9-11-12-14-16-18-21(26(23,24)25)19-20(22)17-15-13-10-8-6-4-2/h20-22H,3-19H2,1-2H3,(H,23,24,25). The highest BCUT2D eigenvalue weighted by molar-refractivity contribution is 7.86. The quantitative estimate of drug-likeness (QED) is 0.200. The second-order valence-corrected chi connectivity index (χ2v) is 9.54. The van der Waals surface area contributed by atoms with Gasteiger partial charge >= 0.3 is 0 Å². The van der Waals surface area contributed by atoms with Crippen LogP contribution in [-0.2, 0) is 10.1 Å². The van der Waals surface area contributed by atoms with Crippen molar-refractivity contribution < 1.29 is 18.1 Å². The van der Waals surface area contributed by atoms with Crippen LogP contribution >= 0.6 is 0 Å². The zero-order chi connectivity index (χ0) is 19.7. The van der Waals surface area contributed by atoms with E-state index in [1.165, 1.54) is 57.8 Å². The number of hydrogen-bond donors (Lipinski definition) is 2. The molecule has 0 aromatic rings. The summed E-state index contributed by atoms with van der Waals surface area (Å²) < 4.78 is 32.7.